The van der Waals surface area contributed by atoms with Crippen molar-refractivity contribution in [2.24, 2.45) is 0 Å². The summed E-state index contributed by atoms with van der Waals surface area (Å²) >= 11 is 0. The number of nitrogens with one attached hydrogen (secondary N) is 1. The maximum atomic E-state index is 5.27. The van der Waals surface area contributed by atoms with Gasteiger partial charge in [-0.05, 0) is 30.7 Å². The van der Waals surface area contributed by atoms with Gasteiger partial charge in [-0.2, -0.15) is 0 Å². The van der Waals surface area contributed by atoms with Crippen molar-refractivity contribution in [3.05, 3.63) is 65.9 Å². The number of rotatable bonds is 4. The number of nitrogens with zero attached hydrogens (tertiary/aromatic N) is 1. The molecule has 1 heterocycles. The highest BCUT2D eigenvalue weighted by molar-refractivity contribution is 5.92. The molecule has 3 aromatic rings. The molecule has 3 nitrogen and oxygen atoms in total. The van der Waals surface area contributed by atoms with Crippen molar-refractivity contribution in [1.29, 1.82) is 0 Å². The highest BCUT2D eigenvalue weighted by atomic mass is 16.5. The zero-order valence-electron chi connectivity index (χ0n) is 12.3. The van der Waals surface area contributed by atoms with Crippen molar-refractivity contribution in [3.8, 4) is 5.75 Å². The molecule has 0 saturated heterocycles. The van der Waals surface area contributed by atoms with Gasteiger partial charge >= 0.3 is 0 Å². The second-order valence-electron chi connectivity index (χ2n) is 5.03. The van der Waals surface area contributed by atoms with Gasteiger partial charge in [0.1, 0.15) is 5.75 Å². The zero-order valence-corrected chi connectivity index (χ0v) is 12.3. The lowest BCUT2D eigenvalue weighted by Crippen LogP contribution is -2.01. The standard InChI is InChI=1S/C18H18N2O/c1-13-10-17(19-12-14-6-4-3-5-7-14)16-9-8-15(21-2)11-18(16)20-13/h3-11H,12H2,1-2H3,(H,19,20). The van der Waals surface area contributed by atoms with E-state index in [9.17, 15) is 0 Å². The molecular weight excluding hydrogens is 260 g/mol. The number of hydrogen-bond acceptors (Lipinski definition) is 3. The van der Waals surface area contributed by atoms with Crippen LogP contribution in [-0.4, -0.2) is 12.1 Å². The SMILES string of the molecule is COc1ccc2c(NCc3ccccc3)cc(C)nc2c1. The van der Waals surface area contributed by atoms with Crippen LogP contribution in [-0.2, 0) is 6.54 Å². The number of fused-ring (bicyclic) bond motifs is 1. The van der Waals surface area contributed by atoms with Crippen molar-refractivity contribution in [2.45, 2.75) is 13.5 Å². The van der Waals surface area contributed by atoms with E-state index in [2.05, 4.69) is 40.6 Å². The first kappa shape index (κ1) is 13.4. The zero-order chi connectivity index (χ0) is 14.7. The van der Waals surface area contributed by atoms with Crippen LogP contribution >= 0.6 is 0 Å². The van der Waals surface area contributed by atoms with Gasteiger partial charge in [0.25, 0.3) is 0 Å². The van der Waals surface area contributed by atoms with Crippen molar-refractivity contribution in [2.75, 3.05) is 12.4 Å². The van der Waals surface area contributed by atoms with E-state index in [0.717, 1.165) is 34.6 Å². The van der Waals surface area contributed by atoms with E-state index in [-0.39, 0.29) is 0 Å². The van der Waals surface area contributed by atoms with Gasteiger partial charge in [-0.1, -0.05) is 30.3 Å². The first-order chi connectivity index (χ1) is 10.3. The molecule has 21 heavy (non-hydrogen) atoms. The lowest BCUT2D eigenvalue weighted by molar-refractivity contribution is 0.415. The summed E-state index contributed by atoms with van der Waals surface area (Å²) in [5.74, 6) is 0.828. The number of benzene rings is 2. The van der Waals surface area contributed by atoms with E-state index in [1.807, 2.05) is 31.2 Å². The molecule has 0 atom stereocenters. The number of hydrogen-bond donors (Lipinski definition) is 1. The van der Waals surface area contributed by atoms with Crippen LogP contribution in [0.1, 0.15) is 11.3 Å². The lowest BCUT2D eigenvalue weighted by Gasteiger charge is -2.11. The highest BCUT2D eigenvalue weighted by Crippen LogP contribution is 2.27. The molecule has 0 saturated carbocycles. The first-order valence-corrected chi connectivity index (χ1v) is 6.99. The number of aryl methyl sites for hydroxylation is 1. The third-order valence-electron chi connectivity index (χ3n) is 3.47. The maximum Gasteiger partial charge on any atom is 0.121 e. The molecule has 0 unspecified atom stereocenters. The highest BCUT2D eigenvalue weighted by Gasteiger charge is 2.05. The van der Waals surface area contributed by atoms with E-state index >= 15 is 0 Å². The average molecular weight is 278 g/mol. The van der Waals surface area contributed by atoms with Crippen LogP contribution in [0.4, 0.5) is 5.69 Å². The minimum absolute atomic E-state index is 0.797. The summed E-state index contributed by atoms with van der Waals surface area (Å²) in [4.78, 5) is 4.58. The van der Waals surface area contributed by atoms with Crippen LogP contribution < -0.4 is 10.1 Å². The number of anilines is 1. The molecule has 2 aromatic carbocycles. The number of ether oxygens (including phenoxy) is 1. The fourth-order valence-corrected chi connectivity index (χ4v) is 2.41. The van der Waals surface area contributed by atoms with Crippen molar-refractivity contribution in [3.63, 3.8) is 0 Å². The van der Waals surface area contributed by atoms with Crippen LogP contribution in [0, 0.1) is 6.92 Å². The molecule has 0 bridgehead atoms. The average Bonchev–Trinajstić information content (AvgIpc) is 2.52. The quantitative estimate of drug-likeness (QED) is 0.778. The monoisotopic (exact) mass is 278 g/mol. The molecule has 0 aliphatic rings. The topological polar surface area (TPSA) is 34.1 Å². The molecule has 1 aromatic heterocycles. The number of pyridine rings is 1. The Kier molecular flexibility index (Phi) is 3.73. The predicted molar refractivity (Wildman–Crippen MR) is 86.8 cm³/mol. The van der Waals surface area contributed by atoms with Crippen molar-refractivity contribution < 1.29 is 4.74 Å². The summed E-state index contributed by atoms with van der Waals surface area (Å²) in [5, 5.41) is 4.61. The summed E-state index contributed by atoms with van der Waals surface area (Å²) in [6.07, 6.45) is 0. The Morgan fingerprint density at radius 2 is 1.86 bits per heavy atom. The Bertz CT molecular complexity index is 754. The van der Waals surface area contributed by atoms with Crippen molar-refractivity contribution >= 4 is 16.6 Å². The predicted octanol–water partition coefficient (Wildman–Crippen LogP) is 4.16. The molecule has 1 N–H and O–H groups in total. The van der Waals surface area contributed by atoms with Gasteiger partial charge in [0.05, 0.1) is 12.6 Å². The normalized spacial score (nSPS) is 10.6. The van der Waals surface area contributed by atoms with Crippen LogP contribution in [0.15, 0.2) is 54.6 Å². The summed E-state index contributed by atoms with van der Waals surface area (Å²) in [5.41, 5.74) is 4.30. The molecule has 3 rings (SSSR count). The van der Waals surface area contributed by atoms with E-state index in [1.165, 1.54) is 5.56 Å². The van der Waals surface area contributed by atoms with Gasteiger partial charge in [0.15, 0.2) is 0 Å². The Labute approximate surface area is 124 Å². The Balaban J connectivity index is 1.94. The van der Waals surface area contributed by atoms with Gasteiger partial charge in [-0.25, -0.2) is 0 Å². The molecule has 0 fully saturated rings. The van der Waals surface area contributed by atoms with Gasteiger partial charge in [-0.3, -0.25) is 4.98 Å². The Hall–Kier alpha value is -2.55. The number of aromatic nitrogens is 1. The van der Waals surface area contributed by atoms with Gasteiger partial charge in [0.2, 0.25) is 0 Å². The van der Waals surface area contributed by atoms with E-state index in [4.69, 9.17) is 4.74 Å². The van der Waals surface area contributed by atoms with Gasteiger partial charge < -0.3 is 10.1 Å². The molecule has 0 aliphatic carbocycles. The lowest BCUT2D eigenvalue weighted by atomic mass is 10.1. The molecule has 0 amide bonds. The van der Waals surface area contributed by atoms with E-state index in [1.54, 1.807) is 7.11 Å². The minimum Gasteiger partial charge on any atom is -0.497 e. The molecule has 0 aliphatic heterocycles. The summed E-state index contributed by atoms with van der Waals surface area (Å²) in [6, 6.07) is 18.4. The molecular formula is C18H18N2O. The third-order valence-corrected chi connectivity index (χ3v) is 3.47. The largest absolute Gasteiger partial charge is 0.497 e. The van der Waals surface area contributed by atoms with Crippen LogP contribution in [0.5, 0.6) is 5.75 Å². The van der Waals surface area contributed by atoms with E-state index < -0.39 is 0 Å². The molecule has 106 valence electrons. The third kappa shape index (κ3) is 2.97. The fraction of sp³-hybridized carbons (Fsp3) is 0.167. The van der Waals surface area contributed by atoms with Gasteiger partial charge in [0, 0.05) is 29.4 Å². The van der Waals surface area contributed by atoms with E-state index in [0.29, 0.717) is 0 Å². The molecule has 3 heteroatoms. The number of methoxy groups -OCH3 is 1. The second kappa shape index (κ2) is 5.83. The van der Waals surface area contributed by atoms with Crippen molar-refractivity contribution in [1.82, 2.24) is 4.98 Å². The summed E-state index contributed by atoms with van der Waals surface area (Å²) in [7, 11) is 1.67. The molecule has 0 radical (unpaired) electrons. The van der Waals surface area contributed by atoms with Crippen LogP contribution in [0.25, 0.3) is 10.9 Å². The minimum atomic E-state index is 0.797. The Morgan fingerprint density at radius 3 is 2.62 bits per heavy atom. The van der Waals surface area contributed by atoms with Crippen LogP contribution in [0.3, 0.4) is 0 Å². The first-order valence-electron chi connectivity index (χ1n) is 6.99. The van der Waals surface area contributed by atoms with Gasteiger partial charge in [-0.15, -0.1) is 0 Å². The smallest absolute Gasteiger partial charge is 0.121 e. The maximum absolute atomic E-state index is 5.27. The fourth-order valence-electron chi connectivity index (χ4n) is 2.41. The summed E-state index contributed by atoms with van der Waals surface area (Å²) in [6.45, 7) is 2.80. The van der Waals surface area contributed by atoms with Crippen LogP contribution in [0.2, 0.25) is 0 Å². The molecule has 0 spiro atoms. The Morgan fingerprint density at radius 1 is 1.05 bits per heavy atom. The second-order valence-corrected chi connectivity index (χ2v) is 5.03. The summed E-state index contributed by atoms with van der Waals surface area (Å²) < 4.78 is 5.27.